The Labute approximate surface area is 151 Å². The second-order valence-corrected chi connectivity index (χ2v) is 6.04. The zero-order valence-corrected chi connectivity index (χ0v) is 15.0. The maximum Gasteiger partial charge on any atom is 0.311 e. The summed E-state index contributed by atoms with van der Waals surface area (Å²) >= 11 is 3.39. The number of methoxy groups -OCH3 is 2. The Morgan fingerprint density at radius 2 is 1.96 bits per heavy atom. The molecule has 0 radical (unpaired) electrons. The second-order valence-electron chi connectivity index (χ2n) is 5.13. The van der Waals surface area contributed by atoms with Gasteiger partial charge < -0.3 is 14.8 Å². The molecule has 1 heterocycles. The molecule has 0 aliphatic carbocycles. The van der Waals surface area contributed by atoms with Crippen LogP contribution in [0.25, 0.3) is 10.9 Å². The average molecular weight is 404 g/mol. The zero-order chi connectivity index (χ0) is 18.0. The van der Waals surface area contributed by atoms with Crippen molar-refractivity contribution in [1.29, 1.82) is 0 Å². The first-order valence-corrected chi connectivity index (χ1v) is 8.04. The monoisotopic (exact) mass is 403 g/mol. The molecule has 0 aliphatic rings. The highest BCUT2D eigenvalue weighted by molar-refractivity contribution is 9.10. The highest BCUT2D eigenvalue weighted by Crippen LogP contribution is 2.38. The van der Waals surface area contributed by atoms with Gasteiger partial charge in [-0.25, -0.2) is 4.98 Å². The van der Waals surface area contributed by atoms with Gasteiger partial charge >= 0.3 is 5.69 Å². The number of pyridine rings is 1. The minimum atomic E-state index is -0.467. The Morgan fingerprint density at radius 1 is 1.16 bits per heavy atom. The van der Waals surface area contributed by atoms with Crippen LogP contribution in [0.2, 0.25) is 0 Å². The lowest BCUT2D eigenvalue weighted by Gasteiger charge is -2.14. The standard InChI is InChI=1S/C17H14BrN3O4/c1-24-11-4-6-14(16(8-11)25-2)20-17-12-7-10(18)3-5-13(12)19-9-15(17)21(22)23/h3-9H,1-2H3,(H,19,20). The topological polar surface area (TPSA) is 86.5 Å². The Kier molecular flexibility index (Phi) is 4.71. The van der Waals surface area contributed by atoms with E-state index in [9.17, 15) is 10.1 Å². The van der Waals surface area contributed by atoms with Crippen LogP contribution in [0.5, 0.6) is 11.5 Å². The first kappa shape index (κ1) is 17.0. The molecular formula is C17H14BrN3O4. The van der Waals surface area contributed by atoms with Crippen LogP contribution in [0.3, 0.4) is 0 Å². The molecule has 3 aromatic rings. The summed E-state index contributed by atoms with van der Waals surface area (Å²) in [6.45, 7) is 0. The van der Waals surface area contributed by atoms with Gasteiger partial charge in [-0.2, -0.15) is 0 Å². The summed E-state index contributed by atoms with van der Waals surface area (Å²) < 4.78 is 11.3. The van der Waals surface area contributed by atoms with Crippen LogP contribution in [0.4, 0.5) is 17.1 Å². The van der Waals surface area contributed by atoms with Gasteiger partial charge in [-0.05, 0) is 30.3 Å². The van der Waals surface area contributed by atoms with Crippen molar-refractivity contribution in [2.75, 3.05) is 19.5 Å². The Morgan fingerprint density at radius 3 is 2.64 bits per heavy atom. The average Bonchev–Trinajstić information content (AvgIpc) is 2.62. The molecule has 7 nitrogen and oxygen atoms in total. The molecule has 0 saturated heterocycles. The summed E-state index contributed by atoms with van der Waals surface area (Å²) in [6, 6.07) is 10.6. The summed E-state index contributed by atoms with van der Waals surface area (Å²) in [6.07, 6.45) is 1.24. The fraction of sp³-hybridized carbons (Fsp3) is 0.118. The molecule has 25 heavy (non-hydrogen) atoms. The number of halogens is 1. The second kappa shape index (κ2) is 6.94. The number of nitrogens with one attached hydrogen (secondary N) is 1. The van der Waals surface area contributed by atoms with E-state index in [0.29, 0.717) is 33.8 Å². The predicted octanol–water partition coefficient (Wildman–Crippen LogP) is 4.67. The lowest BCUT2D eigenvalue weighted by Crippen LogP contribution is -2.01. The van der Waals surface area contributed by atoms with E-state index < -0.39 is 4.92 Å². The van der Waals surface area contributed by atoms with Gasteiger partial charge in [-0.3, -0.25) is 10.1 Å². The summed E-state index contributed by atoms with van der Waals surface area (Å²) in [5, 5.41) is 15.2. The normalized spacial score (nSPS) is 10.5. The number of nitro groups is 1. The van der Waals surface area contributed by atoms with Crippen molar-refractivity contribution in [3.05, 3.63) is 57.2 Å². The van der Waals surface area contributed by atoms with Crippen molar-refractivity contribution in [1.82, 2.24) is 4.98 Å². The van der Waals surface area contributed by atoms with Gasteiger partial charge in [-0.1, -0.05) is 15.9 Å². The predicted molar refractivity (Wildman–Crippen MR) is 98.9 cm³/mol. The molecule has 3 rings (SSSR count). The van der Waals surface area contributed by atoms with E-state index in [1.54, 1.807) is 37.4 Å². The van der Waals surface area contributed by atoms with Crippen molar-refractivity contribution in [2.45, 2.75) is 0 Å². The number of anilines is 2. The molecule has 1 N–H and O–H groups in total. The molecule has 1 aromatic heterocycles. The molecule has 8 heteroatoms. The minimum absolute atomic E-state index is 0.122. The molecule has 2 aromatic carbocycles. The maximum atomic E-state index is 11.5. The van der Waals surface area contributed by atoms with Gasteiger partial charge in [-0.15, -0.1) is 0 Å². The third kappa shape index (κ3) is 3.34. The Hall–Kier alpha value is -2.87. The maximum absolute atomic E-state index is 11.5. The molecule has 0 bridgehead atoms. The fourth-order valence-corrected chi connectivity index (χ4v) is 2.82. The van der Waals surface area contributed by atoms with E-state index in [4.69, 9.17) is 9.47 Å². The SMILES string of the molecule is COc1ccc(Nc2c([N+](=O)[O-])cnc3ccc(Br)cc23)c(OC)c1. The van der Waals surface area contributed by atoms with Crippen molar-refractivity contribution in [3.63, 3.8) is 0 Å². The quantitative estimate of drug-likeness (QED) is 0.492. The van der Waals surface area contributed by atoms with Crippen LogP contribution in [-0.4, -0.2) is 24.1 Å². The number of hydrogen-bond acceptors (Lipinski definition) is 6. The van der Waals surface area contributed by atoms with E-state index >= 15 is 0 Å². The number of benzene rings is 2. The number of aromatic nitrogens is 1. The first-order chi connectivity index (χ1) is 12.0. The smallest absolute Gasteiger partial charge is 0.311 e. The molecule has 0 aliphatic heterocycles. The first-order valence-electron chi connectivity index (χ1n) is 7.25. The van der Waals surface area contributed by atoms with Gasteiger partial charge in [0, 0.05) is 15.9 Å². The van der Waals surface area contributed by atoms with E-state index in [0.717, 1.165) is 4.47 Å². The van der Waals surface area contributed by atoms with Crippen LogP contribution in [0, 0.1) is 10.1 Å². The minimum Gasteiger partial charge on any atom is -0.497 e. The molecule has 128 valence electrons. The van der Waals surface area contributed by atoms with Crippen molar-refractivity contribution >= 4 is 43.9 Å². The zero-order valence-electron chi connectivity index (χ0n) is 13.4. The lowest BCUT2D eigenvalue weighted by atomic mass is 10.1. The van der Waals surface area contributed by atoms with Crippen molar-refractivity contribution in [3.8, 4) is 11.5 Å². The Balaban J connectivity index is 2.19. The number of fused-ring (bicyclic) bond motifs is 1. The molecule has 0 unspecified atom stereocenters. The number of rotatable bonds is 5. The van der Waals surface area contributed by atoms with Crippen LogP contribution in [0.15, 0.2) is 47.1 Å². The molecular weight excluding hydrogens is 390 g/mol. The van der Waals surface area contributed by atoms with E-state index in [-0.39, 0.29) is 5.69 Å². The number of nitrogens with zero attached hydrogens (tertiary/aromatic N) is 2. The van der Waals surface area contributed by atoms with Gasteiger partial charge in [0.05, 0.1) is 30.3 Å². The molecule has 0 spiro atoms. The molecule has 0 fully saturated rings. The lowest BCUT2D eigenvalue weighted by molar-refractivity contribution is -0.384. The van der Waals surface area contributed by atoms with Crippen LogP contribution in [0.1, 0.15) is 0 Å². The number of hydrogen-bond donors (Lipinski definition) is 1. The van der Waals surface area contributed by atoms with Gasteiger partial charge in [0.25, 0.3) is 0 Å². The molecule has 0 atom stereocenters. The molecule has 0 amide bonds. The Bertz CT molecular complexity index is 962. The summed E-state index contributed by atoms with van der Waals surface area (Å²) in [5.74, 6) is 1.13. The van der Waals surface area contributed by atoms with E-state index in [1.165, 1.54) is 13.3 Å². The summed E-state index contributed by atoms with van der Waals surface area (Å²) in [5.41, 5.74) is 1.45. The molecule has 0 saturated carbocycles. The third-order valence-corrected chi connectivity index (χ3v) is 4.17. The van der Waals surface area contributed by atoms with Crippen molar-refractivity contribution in [2.24, 2.45) is 0 Å². The van der Waals surface area contributed by atoms with Gasteiger partial charge in [0.1, 0.15) is 23.4 Å². The van der Waals surface area contributed by atoms with E-state index in [1.807, 2.05) is 6.07 Å². The highest BCUT2D eigenvalue weighted by atomic mass is 79.9. The van der Waals surface area contributed by atoms with Crippen LogP contribution >= 0.6 is 15.9 Å². The van der Waals surface area contributed by atoms with Gasteiger partial charge in [0.15, 0.2) is 0 Å². The summed E-state index contributed by atoms with van der Waals surface area (Å²) in [7, 11) is 3.08. The number of ether oxygens (including phenoxy) is 2. The van der Waals surface area contributed by atoms with Crippen LogP contribution < -0.4 is 14.8 Å². The third-order valence-electron chi connectivity index (χ3n) is 3.68. The highest BCUT2D eigenvalue weighted by Gasteiger charge is 2.20. The largest absolute Gasteiger partial charge is 0.497 e. The van der Waals surface area contributed by atoms with Gasteiger partial charge in [0.2, 0.25) is 0 Å². The van der Waals surface area contributed by atoms with Crippen LogP contribution in [-0.2, 0) is 0 Å². The summed E-state index contributed by atoms with van der Waals surface area (Å²) in [4.78, 5) is 15.2. The fourth-order valence-electron chi connectivity index (χ4n) is 2.46. The van der Waals surface area contributed by atoms with Crippen molar-refractivity contribution < 1.29 is 14.4 Å². The van der Waals surface area contributed by atoms with E-state index in [2.05, 4.69) is 26.2 Å².